The van der Waals surface area contributed by atoms with Crippen LogP contribution in [0.3, 0.4) is 0 Å². The van der Waals surface area contributed by atoms with Gasteiger partial charge >= 0.3 is 12.3 Å². The standard InChI is InChI=1S/C22H22F3N3O4/c1-30-18-4-2-3-17(13-18)26-20(29)31-28-11-9-21(10-12-28)14-19(27-32-21)15-5-7-16(8-6-15)22(23,24)25/h2-8,13H,9-12,14H2,1H3,(H,26,29). The highest BCUT2D eigenvalue weighted by molar-refractivity contribution is 6.01. The number of carbonyl (C=O) groups excluding carboxylic acids is 1. The van der Waals surface area contributed by atoms with E-state index in [1.54, 1.807) is 36.4 Å². The summed E-state index contributed by atoms with van der Waals surface area (Å²) in [4.78, 5) is 23.2. The van der Waals surface area contributed by atoms with Crippen molar-refractivity contribution < 1.29 is 32.4 Å². The molecule has 170 valence electrons. The van der Waals surface area contributed by atoms with Crippen molar-refractivity contribution in [3.05, 3.63) is 59.7 Å². The Morgan fingerprint density at radius 2 is 1.88 bits per heavy atom. The molecule has 1 amide bonds. The Balaban J connectivity index is 1.28. The predicted molar refractivity (Wildman–Crippen MR) is 110 cm³/mol. The van der Waals surface area contributed by atoms with Crippen LogP contribution in [0.15, 0.2) is 53.7 Å². The minimum Gasteiger partial charge on any atom is -0.497 e. The van der Waals surface area contributed by atoms with Crippen LogP contribution >= 0.6 is 0 Å². The number of ether oxygens (including phenoxy) is 1. The topological polar surface area (TPSA) is 72.4 Å². The number of hydrogen-bond donors (Lipinski definition) is 1. The van der Waals surface area contributed by atoms with Crippen molar-refractivity contribution >= 4 is 17.5 Å². The van der Waals surface area contributed by atoms with Gasteiger partial charge < -0.3 is 14.4 Å². The van der Waals surface area contributed by atoms with Crippen LogP contribution in [0.25, 0.3) is 0 Å². The van der Waals surface area contributed by atoms with E-state index in [-0.39, 0.29) is 0 Å². The first kappa shape index (κ1) is 21.9. The van der Waals surface area contributed by atoms with Crippen LogP contribution in [-0.2, 0) is 15.9 Å². The number of piperidine rings is 1. The molecule has 0 saturated carbocycles. The van der Waals surface area contributed by atoms with Gasteiger partial charge in [-0.15, -0.1) is 5.06 Å². The van der Waals surface area contributed by atoms with Gasteiger partial charge in [0.15, 0.2) is 0 Å². The fourth-order valence-corrected chi connectivity index (χ4v) is 3.74. The second-order valence-corrected chi connectivity index (χ2v) is 7.73. The zero-order chi connectivity index (χ0) is 22.8. The Morgan fingerprint density at radius 3 is 2.53 bits per heavy atom. The predicted octanol–water partition coefficient (Wildman–Crippen LogP) is 4.84. The second kappa shape index (κ2) is 8.70. The summed E-state index contributed by atoms with van der Waals surface area (Å²) in [6, 6.07) is 11.8. The van der Waals surface area contributed by atoms with Crippen LogP contribution < -0.4 is 10.1 Å². The average molecular weight is 449 g/mol. The van der Waals surface area contributed by atoms with Crippen molar-refractivity contribution in [2.45, 2.75) is 31.0 Å². The molecule has 1 saturated heterocycles. The van der Waals surface area contributed by atoms with E-state index in [1.807, 2.05) is 0 Å². The monoisotopic (exact) mass is 449 g/mol. The second-order valence-electron chi connectivity index (χ2n) is 7.73. The fourth-order valence-electron chi connectivity index (χ4n) is 3.74. The van der Waals surface area contributed by atoms with Gasteiger partial charge in [-0.2, -0.15) is 13.2 Å². The number of nitrogens with zero attached hydrogens (tertiary/aromatic N) is 2. The molecule has 1 N–H and O–H groups in total. The summed E-state index contributed by atoms with van der Waals surface area (Å²) in [6.45, 7) is 0.892. The zero-order valence-corrected chi connectivity index (χ0v) is 17.3. The highest BCUT2D eigenvalue weighted by atomic mass is 19.4. The molecule has 0 atom stereocenters. The number of rotatable bonds is 4. The van der Waals surface area contributed by atoms with Gasteiger partial charge in [0.2, 0.25) is 0 Å². The van der Waals surface area contributed by atoms with Crippen molar-refractivity contribution in [2.75, 3.05) is 25.5 Å². The number of hydrogen-bond acceptors (Lipinski definition) is 6. The van der Waals surface area contributed by atoms with Crippen molar-refractivity contribution in [3.63, 3.8) is 0 Å². The summed E-state index contributed by atoms with van der Waals surface area (Å²) in [6.07, 6.45) is -3.37. The first-order chi connectivity index (χ1) is 15.3. The smallest absolute Gasteiger partial charge is 0.430 e. The Bertz CT molecular complexity index is 1000. The molecule has 1 fully saturated rings. The van der Waals surface area contributed by atoms with Crippen LogP contribution in [0, 0.1) is 0 Å². The maximum atomic E-state index is 12.8. The van der Waals surface area contributed by atoms with E-state index in [9.17, 15) is 18.0 Å². The highest BCUT2D eigenvalue weighted by Crippen LogP contribution is 2.37. The maximum absolute atomic E-state index is 12.8. The number of methoxy groups -OCH3 is 1. The summed E-state index contributed by atoms with van der Waals surface area (Å²) < 4.78 is 43.4. The molecule has 10 heteroatoms. The van der Waals surface area contributed by atoms with Crippen molar-refractivity contribution in [1.29, 1.82) is 0 Å². The number of halogens is 3. The van der Waals surface area contributed by atoms with Gasteiger partial charge in [0.1, 0.15) is 11.4 Å². The maximum Gasteiger partial charge on any atom is 0.430 e. The van der Waals surface area contributed by atoms with E-state index < -0.39 is 23.4 Å². The Kier molecular flexibility index (Phi) is 5.96. The third-order valence-electron chi connectivity index (χ3n) is 5.55. The molecule has 2 aromatic carbocycles. The normalized spacial score (nSPS) is 18.1. The van der Waals surface area contributed by atoms with Crippen molar-refractivity contribution in [3.8, 4) is 5.75 Å². The number of oxime groups is 1. The SMILES string of the molecule is COc1cccc(NC(=O)ON2CCC3(CC2)CC(c2ccc(C(F)(F)F)cc2)=NO3)c1. The molecule has 2 heterocycles. The molecule has 0 aliphatic carbocycles. The van der Waals surface area contributed by atoms with Crippen LogP contribution in [0.1, 0.15) is 30.4 Å². The molecule has 0 radical (unpaired) electrons. The van der Waals surface area contributed by atoms with E-state index >= 15 is 0 Å². The van der Waals surface area contributed by atoms with E-state index in [1.165, 1.54) is 12.1 Å². The molecule has 7 nitrogen and oxygen atoms in total. The van der Waals surface area contributed by atoms with E-state index in [2.05, 4.69) is 10.5 Å². The number of hydroxylamine groups is 2. The van der Waals surface area contributed by atoms with Gasteiger partial charge in [-0.1, -0.05) is 23.4 Å². The summed E-state index contributed by atoms with van der Waals surface area (Å²) in [5.41, 5.74) is 0.529. The van der Waals surface area contributed by atoms with Crippen LogP contribution in [-0.4, -0.2) is 42.7 Å². The Labute approximate surface area is 182 Å². The quantitative estimate of drug-likeness (QED) is 0.724. The molecular weight excluding hydrogens is 427 g/mol. The lowest BCUT2D eigenvalue weighted by Crippen LogP contribution is -2.45. The van der Waals surface area contributed by atoms with Crippen LogP contribution in [0.4, 0.5) is 23.7 Å². The highest BCUT2D eigenvalue weighted by Gasteiger charge is 2.43. The molecule has 1 spiro atoms. The number of anilines is 1. The summed E-state index contributed by atoms with van der Waals surface area (Å²) in [5.74, 6) is 0.616. The third-order valence-corrected chi connectivity index (χ3v) is 5.55. The summed E-state index contributed by atoms with van der Waals surface area (Å²) in [5, 5.41) is 8.33. The average Bonchev–Trinajstić information content (AvgIpc) is 3.19. The number of alkyl halides is 3. The largest absolute Gasteiger partial charge is 0.497 e. The molecule has 2 aromatic rings. The number of benzene rings is 2. The van der Waals surface area contributed by atoms with Gasteiger partial charge in [0.25, 0.3) is 0 Å². The molecule has 0 unspecified atom stereocenters. The Morgan fingerprint density at radius 1 is 1.16 bits per heavy atom. The lowest BCUT2D eigenvalue weighted by Gasteiger charge is -2.35. The van der Waals surface area contributed by atoms with E-state index in [0.29, 0.717) is 55.1 Å². The third kappa shape index (κ3) is 4.96. The van der Waals surface area contributed by atoms with E-state index in [0.717, 1.165) is 12.1 Å². The first-order valence-corrected chi connectivity index (χ1v) is 10.1. The van der Waals surface area contributed by atoms with Gasteiger partial charge in [-0.25, -0.2) is 4.79 Å². The molecule has 2 aliphatic heterocycles. The van der Waals surface area contributed by atoms with Crippen molar-refractivity contribution in [1.82, 2.24) is 5.06 Å². The van der Waals surface area contributed by atoms with E-state index in [4.69, 9.17) is 14.4 Å². The fraction of sp³-hybridized carbons (Fsp3) is 0.364. The van der Waals surface area contributed by atoms with Gasteiger partial charge in [-0.3, -0.25) is 5.32 Å². The molecular formula is C22H22F3N3O4. The van der Waals surface area contributed by atoms with Crippen molar-refractivity contribution in [2.24, 2.45) is 5.16 Å². The number of nitrogens with one attached hydrogen (secondary N) is 1. The van der Waals surface area contributed by atoms with Crippen LogP contribution in [0.5, 0.6) is 5.75 Å². The minimum atomic E-state index is -4.38. The van der Waals surface area contributed by atoms with Gasteiger partial charge in [0, 0.05) is 44.1 Å². The summed E-state index contributed by atoms with van der Waals surface area (Å²) >= 11 is 0. The summed E-state index contributed by atoms with van der Waals surface area (Å²) in [7, 11) is 1.54. The lowest BCUT2D eigenvalue weighted by atomic mass is 9.86. The molecule has 32 heavy (non-hydrogen) atoms. The number of amides is 1. The van der Waals surface area contributed by atoms with Gasteiger partial charge in [0.05, 0.1) is 18.4 Å². The lowest BCUT2D eigenvalue weighted by molar-refractivity contribution is -0.154. The minimum absolute atomic E-state index is 0.446. The van der Waals surface area contributed by atoms with Gasteiger partial charge in [-0.05, 0) is 29.8 Å². The Hall–Kier alpha value is -3.27. The van der Waals surface area contributed by atoms with Crippen LogP contribution in [0.2, 0.25) is 0 Å². The first-order valence-electron chi connectivity index (χ1n) is 10.1. The number of carbonyl (C=O) groups is 1. The molecule has 0 bridgehead atoms. The molecule has 4 rings (SSSR count). The zero-order valence-electron chi connectivity index (χ0n) is 17.3. The molecule has 0 aromatic heterocycles. The molecule has 2 aliphatic rings.